The number of halogens is 2. The smallest absolute Gasteiger partial charge is 0.138 e. The molecular formula is C14H15BrFNS. The molecule has 0 aliphatic rings. The Morgan fingerprint density at radius 2 is 2.11 bits per heavy atom. The minimum absolute atomic E-state index is 0.211. The van der Waals surface area contributed by atoms with Gasteiger partial charge in [-0.1, -0.05) is 6.92 Å². The van der Waals surface area contributed by atoms with Gasteiger partial charge in [0.15, 0.2) is 0 Å². The highest BCUT2D eigenvalue weighted by Crippen LogP contribution is 2.33. The largest absolute Gasteiger partial charge is 0.312 e. The van der Waals surface area contributed by atoms with Gasteiger partial charge in [0.05, 0.1) is 4.47 Å². The molecule has 0 saturated carbocycles. The van der Waals surface area contributed by atoms with Crippen LogP contribution in [-0.4, -0.2) is 6.54 Å². The Bertz CT molecular complexity index is 551. The number of aryl methyl sites for hydroxylation is 1. The first-order valence-corrected chi connectivity index (χ1v) is 7.48. The highest BCUT2D eigenvalue weighted by molar-refractivity contribution is 9.10. The van der Waals surface area contributed by atoms with Gasteiger partial charge >= 0.3 is 0 Å². The number of thiophene rings is 1. The first-order valence-electron chi connectivity index (χ1n) is 5.87. The summed E-state index contributed by atoms with van der Waals surface area (Å²) >= 11 is 4.92. The SMILES string of the molecule is CCNCc1ccc(-c2cc(F)c(Br)cc2C)s1. The number of benzene rings is 1. The molecular weight excluding hydrogens is 313 g/mol. The predicted molar refractivity (Wildman–Crippen MR) is 79.5 cm³/mol. The van der Waals surface area contributed by atoms with Crippen molar-refractivity contribution >= 4 is 27.3 Å². The molecule has 96 valence electrons. The van der Waals surface area contributed by atoms with Crippen molar-refractivity contribution in [1.29, 1.82) is 0 Å². The Morgan fingerprint density at radius 1 is 1.33 bits per heavy atom. The average molecular weight is 328 g/mol. The lowest BCUT2D eigenvalue weighted by Crippen LogP contribution is -2.10. The van der Waals surface area contributed by atoms with Crippen molar-refractivity contribution in [1.82, 2.24) is 5.32 Å². The minimum atomic E-state index is -0.211. The molecule has 0 unspecified atom stereocenters. The summed E-state index contributed by atoms with van der Waals surface area (Å²) in [5.41, 5.74) is 2.06. The van der Waals surface area contributed by atoms with Gasteiger partial charge in [-0.25, -0.2) is 4.39 Å². The van der Waals surface area contributed by atoms with E-state index in [1.165, 1.54) is 4.88 Å². The number of rotatable bonds is 4. The second kappa shape index (κ2) is 5.95. The molecule has 1 aromatic heterocycles. The third-order valence-corrected chi connectivity index (χ3v) is 4.47. The van der Waals surface area contributed by atoms with Crippen LogP contribution in [0, 0.1) is 12.7 Å². The lowest BCUT2D eigenvalue weighted by atomic mass is 10.1. The maximum atomic E-state index is 13.6. The summed E-state index contributed by atoms with van der Waals surface area (Å²) in [6.45, 7) is 5.92. The zero-order valence-corrected chi connectivity index (χ0v) is 12.8. The van der Waals surface area contributed by atoms with Gasteiger partial charge in [0.25, 0.3) is 0 Å². The molecule has 0 bridgehead atoms. The first kappa shape index (κ1) is 13.7. The fourth-order valence-electron chi connectivity index (χ4n) is 1.78. The van der Waals surface area contributed by atoms with Crippen LogP contribution in [0.25, 0.3) is 10.4 Å². The van der Waals surface area contributed by atoms with Crippen LogP contribution in [0.2, 0.25) is 0 Å². The Balaban J connectivity index is 2.31. The molecule has 0 saturated heterocycles. The molecule has 1 aromatic carbocycles. The monoisotopic (exact) mass is 327 g/mol. The Kier molecular flexibility index (Phi) is 4.54. The molecule has 2 aromatic rings. The quantitative estimate of drug-likeness (QED) is 0.855. The third kappa shape index (κ3) is 2.99. The summed E-state index contributed by atoms with van der Waals surface area (Å²) in [4.78, 5) is 2.39. The molecule has 18 heavy (non-hydrogen) atoms. The summed E-state index contributed by atoms with van der Waals surface area (Å²) in [7, 11) is 0. The van der Waals surface area contributed by atoms with Crippen LogP contribution in [-0.2, 0) is 6.54 Å². The first-order chi connectivity index (χ1) is 8.61. The Morgan fingerprint density at radius 3 is 2.83 bits per heavy atom. The summed E-state index contributed by atoms with van der Waals surface area (Å²) in [6.07, 6.45) is 0. The summed E-state index contributed by atoms with van der Waals surface area (Å²) in [5.74, 6) is -0.211. The van der Waals surface area contributed by atoms with Crippen LogP contribution in [0.4, 0.5) is 4.39 Å². The fourth-order valence-corrected chi connectivity index (χ4v) is 3.29. The zero-order chi connectivity index (χ0) is 13.1. The van der Waals surface area contributed by atoms with Crippen molar-refractivity contribution in [3.05, 3.63) is 45.0 Å². The molecule has 0 atom stereocenters. The van der Waals surface area contributed by atoms with E-state index in [2.05, 4.69) is 40.3 Å². The maximum absolute atomic E-state index is 13.6. The normalized spacial score (nSPS) is 10.9. The van der Waals surface area contributed by atoms with E-state index >= 15 is 0 Å². The van der Waals surface area contributed by atoms with E-state index in [0.29, 0.717) is 4.47 Å². The van der Waals surface area contributed by atoms with Crippen LogP contribution in [0.15, 0.2) is 28.7 Å². The molecule has 0 radical (unpaired) electrons. The van der Waals surface area contributed by atoms with Crippen molar-refractivity contribution in [3.63, 3.8) is 0 Å². The van der Waals surface area contributed by atoms with E-state index in [4.69, 9.17) is 0 Å². The topological polar surface area (TPSA) is 12.0 Å². The van der Waals surface area contributed by atoms with Gasteiger partial charge in [-0.05, 0) is 64.8 Å². The van der Waals surface area contributed by atoms with Gasteiger partial charge in [-0.15, -0.1) is 11.3 Å². The van der Waals surface area contributed by atoms with Crippen molar-refractivity contribution in [2.24, 2.45) is 0 Å². The molecule has 2 rings (SSSR count). The molecule has 1 N–H and O–H groups in total. The summed E-state index contributed by atoms with van der Waals surface area (Å²) in [6, 6.07) is 7.59. The molecule has 0 spiro atoms. The second-order valence-electron chi connectivity index (χ2n) is 4.13. The molecule has 1 heterocycles. The summed E-state index contributed by atoms with van der Waals surface area (Å²) in [5, 5.41) is 3.29. The van der Waals surface area contributed by atoms with Crippen LogP contribution >= 0.6 is 27.3 Å². The minimum Gasteiger partial charge on any atom is -0.312 e. The molecule has 0 fully saturated rings. The Labute approximate surface area is 119 Å². The number of nitrogens with one attached hydrogen (secondary N) is 1. The molecule has 1 nitrogen and oxygen atoms in total. The zero-order valence-electron chi connectivity index (χ0n) is 10.4. The number of hydrogen-bond donors (Lipinski definition) is 1. The van der Waals surface area contributed by atoms with Crippen molar-refractivity contribution in [2.45, 2.75) is 20.4 Å². The van der Waals surface area contributed by atoms with Crippen LogP contribution in [0.5, 0.6) is 0 Å². The van der Waals surface area contributed by atoms with E-state index in [1.54, 1.807) is 17.4 Å². The Hall–Kier alpha value is -0.710. The lowest BCUT2D eigenvalue weighted by Gasteiger charge is -2.05. The van der Waals surface area contributed by atoms with Gasteiger partial charge in [0.1, 0.15) is 5.82 Å². The van der Waals surface area contributed by atoms with E-state index in [0.717, 1.165) is 29.1 Å². The predicted octanol–water partition coefficient (Wildman–Crippen LogP) is 4.73. The number of hydrogen-bond acceptors (Lipinski definition) is 2. The van der Waals surface area contributed by atoms with E-state index in [-0.39, 0.29) is 5.82 Å². The van der Waals surface area contributed by atoms with E-state index in [1.807, 2.05) is 13.0 Å². The van der Waals surface area contributed by atoms with Gasteiger partial charge in [0, 0.05) is 16.3 Å². The van der Waals surface area contributed by atoms with Crippen LogP contribution in [0.1, 0.15) is 17.4 Å². The highest BCUT2D eigenvalue weighted by Gasteiger charge is 2.09. The second-order valence-corrected chi connectivity index (χ2v) is 6.15. The van der Waals surface area contributed by atoms with Crippen molar-refractivity contribution in [2.75, 3.05) is 6.54 Å². The molecule has 0 amide bonds. The van der Waals surface area contributed by atoms with E-state index in [9.17, 15) is 4.39 Å². The average Bonchev–Trinajstić information content (AvgIpc) is 2.79. The molecule has 4 heteroatoms. The van der Waals surface area contributed by atoms with Gasteiger partial charge < -0.3 is 5.32 Å². The van der Waals surface area contributed by atoms with E-state index < -0.39 is 0 Å². The van der Waals surface area contributed by atoms with Crippen LogP contribution in [0.3, 0.4) is 0 Å². The van der Waals surface area contributed by atoms with Gasteiger partial charge in [-0.3, -0.25) is 0 Å². The maximum Gasteiger partial charge on any atom is 0.138 e. The highest BCUT2D eigenvalue weighted by atomic mass is 79.9. The fraction of sp³-hybridized carbons (Fsp3) is 0.286. The van der Waals surface area contributed by atoms with Crippen molar-refractivity contribution < 1.29 is 4.39 Å². The molecule has 0 aliphatic carbocycles. The van der Waals surface area contributed by atoms with Crippen LogP contribution < -0.4 is 5.32 Å². The van der Waals surface area contributed by atoms with Gasteiger partial charge in [0.2, 0.25) is 0 Å². The standard InChI is InChI=1S/C14H15BrFNS/c1-3-17-8-10-4-5-14(18-10)11-7-13(16)12(15)6-9(11)2/h4-7,17H,3,8H2,1-2H3. The van der Waals surface area contributed by atoms with Gasteiger partial charge in [-0.2, -0.15) is 0 Å². The summed E-state index contributed by atoms with van der Waals surface area (Å²) < 4.78 is 14.1. The molecule has 0 aliphatic heterocycles. The lowest BCUT2D eigenvalue weighted by molar-refractivity contribution is 0.621. The van der Waals surface area contributed by atoms with Crippen molar-refractivity contribution in [3.8, 4) is 10.4 Å². The third-order valence-electron chi connectivity index (χ3n) is 2.74.